The van der Waals surface area contributed by atoms with Gasteiger partial charge in [0.05, 0.1) is 24.4 Å². The van der Waals surface area contributed by atoms with Gasteiger partial charge in [-0.05, 0) is 26.0 Å². The van der Waals surface area contributed by atoms with Crippen LogP contribution in [0, 0.1) is 0 Å². The van der Waals surface area contributed by atoms with Gasteiger partial charge in [0.2, 0.25) is 0 Å². The van der Waals surface area contributed by atoms with E-state index in [-0.39, 0.29) is 31.3 Å². The van der Waals surface area contributed by atoms with Crippen LogP contribution >= 0.6 is 0 Å². The van der Waals surface area contributed by atoms with Crippen LogP contribution in [0.15, 0.2) is 24.3 Å². The summed E-state index contributed by atoms with van der Waals surface area (Å²) >= 11 is 0. The molecule has 0 bridgehead atoms. The molecule has 1 heterocycles. The first-order valence-corrected chi connectivity index (χ1v) is 8.05. The van der Waals surface area contributed by atoms with Gasteiger partial charge < -0.3 is 24.8 Å². The predicted molar refractivity (Wildman–Crippen MR) is 88.9 cm³/mol. The van der Waals surface area contributed by atoms with Crippen LogP contribution < -0.4 is 5.32 Å². The maximum Gasteiger partial charge on any atom is 0.340 e. The van der Waals surface area contributed by atoms with Crippen LogP contribution in [0.4, 0.5) is 5.69 Å². The highest BCUT2D eigenvalue weighted by atomic mass is 16.5. The molecule has 1 amide bonds. The van der Waals surface area contributed by atoms with E-state index < -0.39 is 5.97 Å². The van der Waals surface area contributed by atoms with Gasteiger partial charge in [-0.25, -0.2) is 4.79 Å². The van der Waals surface area contributed by atoms with Gasteiger partial charge in [0.1, 0.15) is 0 Å². The minimum Gasteiger partial charge on any atom is -0.452 e. The normalized spacial score (nSPS) is 20.5. The first-order valence-electron chi connectivity index (χ1n) is 8.05. The number of morpholine rings is 1. The summed E-state index contributed by atoms with van der Waals surface area (Å²) < 4.78 is 10.7. The molecule has 132 valence electrons. The molecule has 7 nitrogen and oxygen atoms in total. The molecule has 2 rings (SSSR count). The van der Waals surface area contributed by atoms with Gasteiger partial charge in [0.15, 0.2) is 6.61 Å². The number of anilines is 1. The van der Waals surface area contributed by atoms with E-state index in [1.807, 2.05) is 13.8 Å². The lowest BCUT2D eigenvalue weighted by molar-refractivity contribution is -0.146. The fraction of sp³-hybridized carbons (Fsp3) is 0.529. The summed E-state index contributed by atoms with van der Waals surface area (Å²) in [7, 11) is 0. The summed E-state index contributed by atoms with van der Waals surface area (Å²) in [5.74, 6) is -0.801. The van der Waals surface area contributed by atoms with Gasteiger partial charge in [-0.1, -0.05) is 12.1 Å². The Kier molecular flexibility index (Phi) is 6.57. The molecule has 0 spiro atoms. The van der Waals surface area contributed by atoms with Gasteiger partial charge in [0.25, 0.3) is 5.91 Å². The molecule has 1 saturated heterocycles. The maximum absolute atomic E-state index is 12.2. The zero-order valence-electron chi connectivity index (χ0n) is 14.0. The van der Waals surface area contributed by atoms with E-state index in [0.717, 1.165) is 0 Å². The average Bonchev–Trinajstić information content (AvgIpc) is 2.57. The number of para-hydroxylation sites is 1. The molecular weight excluding hydrogens is 312 g/mol. The Hall–Kier alpha value is -2.12. The van der Waals surface area contributed by atoms with Gasteiger partial charge in [0, 0.05) is 25.3 Å². The van der Waals surface area contributed by atoms with Crippen molar-refractivity contribution in [3.8, 4) is 0 Å². The zero-order chi connectivity index (χ0) is 17.5. The third-order valence-electron chi connectivity index (χ3n) is 3.67. The largest absolute Gasteiger partial charge is 0.452 e. The van der Waals surface area contributed by atoms with Crippen molar-refractivity contribution in [1.82, 2.24) is 4.90 Å². The lowest BCUT2D eigenvalue weighted by atomic mass is 10.2. The summed E-state index contributed by atoms with van der Waals surface area (Å²) in [6.07, 6.45) is -0.0615. The number of aliphatic hydroxyl groups is 1. The lowest BCUT2D eigenvalue weighted by Crippen LogP contribution is -2.49. The second-order valence-corrected chi connectivity index (χ2v) is 5.83. The Morgan fingerprint density at radius 3 is 2.62 bits per heavy atom. The van der Waals surface area contributed by atoms with Crippen LogP contribution in [0.1, 0.15) is 24.2 Å². The van der Waals surface area contributed by atoms with Gasteiger partial charge in [-0.15, -0.1) is 0 Å². The number of nitrogens with one attached hydrogen (secondary N) is 1. The molecule has 7 heteroatoms. The van der Waals surface area contributed by atoms with E-state index in [1.165, 1.54) is 0 Å². The maximum atomic E-state index is 12.2. The number of esters is 1. The number of amides is 1. The molecule has 24 heavy (non-hydrogen) atoms. The third-order valence-corrected chi connectivity index (χ3v) is 3.67. The van der Waals surface area contributed by atoms with Crippen molar-refractivity contribution in [3.05, 3.63) is 29.8 Å². The first-order chi connectivity index (χ1) is 11.5. The summed E-state index contributed by atoms with van der Waals surface area (Å²) in [5.41, 5.74) is 0.903. The predicted octanol–water partition coefficient (Wildman–Crippen LogP) is 0.883. The fourth-order valence-electron chi connectivity index (χ4n) is 2.68. The Morgan fingerprint density at radius 1 is 1.29 bits per heavy atom. The Labute approximate surface area is 141 Å². The number of hydrogen-bond donors (Lipinski definition) is 2. The summed E-state index contributed by atoms with van der Waals surface area (Å²) in [6, 6.07) is 6.83. The van der Waals surface area contributed by atoms with E-state index in [1.54, 1.807) is 29.2 Å². The summed E-state index contributed by atoms with van der Waals surface area (Å²) in [4.78, 5) is 26.1. The van der Waals surface area contributed by atoms with Crippen LogP contribution in [-0.4, -0.2) is 66.9 Å². The number of ether oxygens (including phenoxy) is 2. The minimum absolute atomic E-state index is 0.0307. The van der Waals surface area contributed by atoms with Crippen molar-refractivity contribution < 1.29 is 24.2 Å². The Balaban J connectivity index is 1.92. The van der Waals surface area contributed by atoms with E-state index >= 15 is 0 Å². The van der Waals surface area contributed by atoms with Crippen LogP contribution in [0.3, 0.4) is 0 Å². The van der Waals surface area contributed by atoms with Crippen molar-refractivity contribution in [2.45, 2.75) is 26.1 Å². The molecule has 0 unspecified atom stereocenters. The minimum atomic E-state index is -0.571. The van der Waals surface area contributed by atoms with Crippen molar-refractivity contribution in [2.75, 3.05) is 38.2 Å². The Morgan fingerprint density at radius 2 is 1.96 bits per heavy atom. The van der Waals surface area contributed by atoms with Crippen LogP contribution in [0.25, 0.3) is 0 Å². The zero-order valence-corrected chi connectivity index (χ0v) is 14.0. The molecular formula is C17H24N2O5. The van der Waals surface area contributed by atoms with Crippen LogP contribution in [0.2, 0.25) is 0 Å². The van der Waals surface area contributed by atoms with E-state index in [2.05, 4.69) is 5.32 Å². The first kappa shape index (κ1) is 18.2. The number of carbonyl (C=O) groups is 2. The molecule has 0 aromatic heterocycles. The molecule has 1 aliphatic heterocycles. The highest BCUT2D eigenvalue weighted by Crippen LogP contribution is 2.16. The second kappa shape index (κ2) is 8.65. The van der Waals surface area contributed by atoms with Crippen LogP contribution in [-0.2, 0) is 14.3 Å². The molecule has 0 saturated carbocycles. The average molecular weight is 336 g/mol. The lowest BCUT2D eigenvalue weighted by Gasteiger charge is -2.35. The number of hydrogen-bond acceptors (Lipinski definition) is 6. The summed E-state index contributed by atoms with van der Waals surface area (Å²) in [6.45, 7) is 4.79. The standard InChI is InChI=1S/C17H24N2O5/c1-12-9-19(10-13(2)24-12)16(21)11-23-17(22)14-5-3-4-6-15(14)18-7-8-20/h3-6,12-13,18,20H,7-11H2,1-2H3/t12-,13+. The molecule has 2 N–H and O–H groups in total. The molecule has 0 aliphatic carbocycles. The van der Waals surface area contributed by atoms with Crippen molar-refractivity contribution in [2.24, 2.45) is 0 Å². The van der Waals surface area contributed by atoms with Gasteiger partial charge in [-0.3, -0.25) is 4.79 Å². The molecule has 1 aromatic carbocycles. The van der Waals surface area contributed by atoms with E-state index in [4.69, 9.17) is 14.6 Å². The van der Waals surface area contributed by atoms with Crippen molar-refractivity contribution in [1.29, 1.82) is 0 Å². The second-order valence-electron chi connectivity index (χ2n) is 5.83. The van der Waals surface area contributed by atoms with Crippen LogP contribution in [0.5, 0.6) is 0 Å². The number of carbonyl (C=O) groups excluding carboxylic acids is 2. The SMILES string of the molecule is C[C@@H]1CN(C(=O)COC(=O)c2ccccc2NCCO)C[C@H](C)O1. The number of benzene rings is 1. The van der Waals surface area contributed by atoms with Gasteiger partial charge in [-0.2, -0.15) is 0 Å². The summed E-state index contributed by atoms with van der Waals surface area (Å²) in [5, 5.41) is 11.8. The highest BCUT2D eigenvalue weighted by molar-refractivity contribution is 5.96. The fourth-order valence-corrected chi connectivity index (χ4v) is 2.68. The Bertz CT molecular complexity index is 568. The highest BCUT2D eigenvalue weighted by Gasteiger charge is 2.26. The van der Waals surface area contributed by atoms with Crippen molar-refractivity contribution >= 4 is 17.6 Å². The molecule has 1 aromatic rings. The number of rotatable bonds is 6. The molecule has 2 atom stereocenters. The van der Waals surface area contributed by atoms with E-state index in [9.17, 15) is 9.59 Å². The molecule has 0 radical (unpaired) electrons. The quantitative estimate of drug-likeness (QED) is 0.750. The molecule has 1 fully saturated rings. The monoisotopic (exact) mass is 336 g/mol. The smallest absolute Gasteiger partial charge is 0.340 e. The third kappa shape index (κ3) is 4.94. The number of aliphatic hydroxyl groups excluding tert-OH is 1. The molecule has 1 aliphatic rings. The topological polar surface area (TPSA) is 88.1 Å². The van der Waals surface area contributed by atoms with E-state index in [0.29, 0.717) is 30.9 Å². The van der Waals surface area contributed by atoms with Crippen molar-refractivity contribution in [3.63, 3.8) is 0 Å². The number of nitrogens with zero attached hydrogens (tertiary/aromatic N) is 1. The van der Waals surface area contributed by atoms with Gasteiger partial charge >= 0.3 is 5.97 Å².